The molecule has 0 spiro atoms. The average Bonchev–Trinajstić information content (AvgIpc) is 3.54. The normalized spacial score (nSPS) is 18.4. The van der Waals surface area contributed by atoms with Crippen molar-refractivity contribution in [2.45, 2.75) is 44.6 Å². The topological polar surface area (TPSA) is 146 Å². The summed E-state index contributed by atoms with van der Waals surface area (Å²) in [6, 6.07) is 0.392. The molecule has 0 aromatic carbocycles. The van der Waals surface area contributed by atoms with Crippen molar-refractivity contribution >= 4 is 34.2 Å². The number of hydrogen-bond donors (Lipinski definition) is 3. The number of likely N-dealkylation sites (N-methyl/N-ethyl adjacent to an activating group) is 1. The summed E-state index contributed by atoms with van der Waals surface area (Å²) >= 11 is 1.30. The first-order chi connectivity index (χ1) is 16.6. The van der Waals surface area contributed by atoms with Crippen molar-refractivity contribution in [3.8, 4) is 11.4 Å². The Balaban J connectivity index is 1.30. The molecule has 1 unspecified atom stereocenters. The summed E-state index contributed by atoms with van der Waals surface area (Å²) < 4.78 is 0. The summed E-state index contributed by atoms with van der Waals surface area (Å²) in [5, 5.41) is 12.4. The fraction of sp³-hybridized carbons (Fsp3) is 0.478. The molecule has 1 saturated heterocycles. The minimum absolute atomic E-state index is 0.0573. The van der Waals surface area contributed by atoms with Crippen molar-refractivity contribution in [3.05, 3.63) is 34.1 Å². The number of thiazole rings is 1. The third-order valence-corrected chi connectivity index (χ3v) is 7.57. The van der Waals surface area contributed by atoms with Crippen LogP contribution in [0.1, 0.15) is 47.6 Å². The number of nitrogens with zero attached hydrogens (tertiary/aromatic N) is 6. The molecule has 11 nitrogen and oxygen atoms in total. The highest BCUT2D eigenvalue weighted by molar-refractivity contribution is 7.14. The van der Waals surface area contributed by atoms with E-state index in [-0.39, 0.29) is 29.6 Å². The lowest BCUT2D eigenvalue weighted by Crippen LogP contribution is -2.35. The molecular weight excluding hydrogens is 466 g/mol. The van der Waals surface area contributed by atoms with E-state index in [1.165, 1.54) is 11.3 Å². The zero-order chi connectivity index (χ0) is 24.9. The quantitative estimate of drug-likeness (QED) is 0.485. The molecule has 2 aliphatic rings. The Kier molecular flexibility index (Phi) is 5.80. The Morgan fingerprint density at radius 2 is 2.11 bits per heavy atom. The largest absolute Gasteiger partial charge is 0.368 e. The molecule has 12 heteroatoms. The summed E-state index contributed by atoms with van der Waals surface area (Å²) in [5.74, 6) is -0.112. The lowest BCUT2D eigenvalue weighted by Gasteiger charge is -2.30. The summed E-state index contributed by atoms with van der Waals surface area (Å²) in [6.45, 7) is 5.61. The number of aromatic nitrogens is 5. The molecular formula is C23H29N9O2S. The highest BCUT2D eigenvalue weighted by Gasteiger charge is 2.38. The van der Waals surface area contributed by atoms with Gasteiger partial charge in [-0.2, -0.15) is 5.10 Å². The number of rotatable bonds is 5. The van der Waals surface area contributed by atoms with Crippen molar-refractivity contribution in [3.63, 3.8) is 0 Å². The van der Waals surface area contributed by atoms with E-state index in [0.29, 0.717) is 40.4 Å². The third kappa shape index (κ3) is 4.39. The predicted molar refractivity (Wildman–Crippen MR) is 133 cm³/mol. The Hall–Kier alpha value is -3.38. The van der Waals surface area contributed by atoms with Gasteiger partial charge in [0.15, 0.2) is 5.13 Å². The van der Waals surface area contributed by atoms with Crippen molar-refractivity contribution in [2.75, 3.05) is 38.2 Å². The number of carbonyl (C=O) groups excluding carboxylic acids is 2. The smallest absolute Gasteiger partial charge is 0.275 e. The Labute approximate surface area is 207 Å². The van der Waals surface area contributed by atoms with E-state index in [9.17, 15) is 9.59 Å². The van der Waals surface area contributed by atoms with Crippen LogP contribution in [0.2, 0.25) is 0 Å². The van der Waals surface area contributed by atoms with Gasteiger partial charge < -0.3 is 15.5 Å². The van der Waals surface area contributed by atoms with Gasteiger partial charge in [0.1, 0.15) is 11.4 Å². The lowest BCUT2D eigenvalue weighted by molar-refractivity contribution is -0.129. The molecule has 4 heterocycles. The van der Waals surface area contributed by atoms with Crippen LogP contribution in [0, 0.1) is 0 Å². The summed E-state index contributed by atoms with van der Waals surface area (Å²) in [6.07, 6.45) is 3.57. The predicted octanol–water partition coefficient (Wildman–Crippen LogP) is 1.70. The number of likely N-dealkylation sites (tertiary alicyclic amines) is 1. The molecule has 2 amide bonds. The number of fused-ring (bicyclic) bond motifs is 3. The second-order valence-electron chi connectivity index (χ2n) is 10.0. The van der Waals surface area contributed by atoms with E-state index in [1.807, 2.05) is 24.4 Å². The number of nitrogens with one attached hydrogen (secondary N) is 2. The molecule has 1 atom stereocenters. The van der Waals surface area contributed by atoms with Crippen LogP contribution in [0.25, 0.3) is 11.4 Å². The molecule has 1 aliphatic heterocycles. The first-order valence-electron chi connectivity index (χ1n) is 11.5. The lowest BCUT2D eigenvalue weighted by atomic mass is 9.73. The van der Waals surface area contributed by atoms with E-state index in [1.54, 1.807) is 6.20 Å². The molecule has 35 heavy (non-hydrogen) atoms. The molecule has 0 bridgehead atoms. The highest BCUT2D eigenvalue weighted by atomic mass is 32.1. The Morgan fingerprint density at radius 1 is 1.31 bits per heavy atom. The second kappa shape index (κ2) is 8.68. The van der Waals surface area contributed by atoms with Gasteiger partial charge in [-0.05, 0) is 37.9 Å². The first kappa shape index (κ1) is 23.4. The number of nitrogens with two attached hydrogens (primary N) is 1. The van der Waals surface area contributed by atoms with Crippen LogP contribution in [0.5, 0.6) is 0 Å². The number of amides is 2. The summed E-state index contributed by atoms with van der Waals surface area (Å²) in [4.78, 5) is 42.9. The van der Waals surface area contributed by atoms with Crippen molar-refractivity contribution in [2.24, 2.45) is 0 Å². The average molecular weight is 496 g/mol. The molecule has 184 valence electrons. The molecule has 0 radical (unpaired) electrons. The zero-order valence-electron chi connectivity index (χ0n) is 20.3. The monoisotopic (exact) mass is 495 g/mol. The zero-order valence-corrected chi connectivity index (χ0v) is 21.1. The van der Waals surface area contributed by atoms with Gasteiger partial charge in [0.05, 0.1) is 17.8 Å². The van der Waals surface area contributed by atoms with E-state index < -0.39 is 0 Å². The molecule has 4 N–H and O–H groups in total. The van der Waals surface area contributed by atoms with Crippen molar-refractivity contribution in [1.29, 1.82) is 0 Å². The number of anilines is 2. The van der Waals surface area contributed by atoms with Gasteiger partial charge in [0, 0.05) is 36.3 Å². The fourth-order valence-corrected chi connectivity index (χ4v) is 5.62. The van der Waals surface area contributed by atoms with Gasteiger partial charge in [0.2, 0.25) is 11.9 Å². The van der Waals surface area contributed by atoms with E-state index in [0.717, 1.165) is 30.6 Å². The minimum Gasteiger partial charge on any atom is -0.368 e. The van der Waals surface area contributed by atoms with E-state index >= 15 is 0 Å². The van der Waals surface area contributed by atoms with Crippen LogP contribution in [-0.4, -0.2) is 80.0 Å². The number of aromatic amines is 1. The van der Waals surface area contributed by atoms with Gasteiger partial charge in [0.25, 0.3) is 5.91 Å². The standard InChI is InChI=1S/C23H29N9O2S/c1-23(2)8-12-9-25-21(24)27-17(12)18-16(23)19(30-29-18)20(34)28-22-26-13(11-35-22)7-15(33)32-6-5-14(10-32)31(3)4/h9,11,14H,5-8,10H2,1-4H3,(H,29,30)(H2,24,25,27)(H,26,28,34). The molecule has 1 fully saturated rings. The van der Waals surface area contributed by atoms with Gasteiger partial charge in [-0.1, -0.05) is 13.8 Å². The van der Waals surface area contributed by atoms with E-state index in [2.05, 4.69) is 49.2 Å². The van der Waals surface area contributed by atoms with Crippen LogP contribution in [0.4, 0.5) is 11.1 Å². The van der Waals surface area contributed by atoms with Crippen molar-refractivity contribution in [1.82, 2.24) is 34.9 Å². The maximum absolute atomic E-state index is 13.2. The van der Waals surface area contributed by atoms with Crippen LogP contribution in [-0.2, 0) is 23.1 Å². The number of H-pyrrole nitrogens is 1. The fourth-order valence-electron chi connectivity index (χ4n) is 4.92. The van der Waals surface area contributed by atoms with Gasteiger partial charge in [-0.3, -0.25) is 20.0 Å². The van der Waals surface area contributed by atoms with Crippen LogP contribution in [0.15, 0.2) is 11.6 Å². The maximum atomic E-state index is 13.2. The van der Waals surface area contributed by atoms with Crippen molar-refractivity contribution < 1.29 is 9.59 Å². The van der Waals surface area contributed by atoms with Crippen LogP contribution < -0.4 is 11.1 Å². The Morgan fingerprint density at radius 3 is 2.86 bits per heavy atom. The molecule has 3 aromatic heterocycles. The first-order valence-corrected chi connectivity index (χ1v) is 12.4. The second-order valence-corrected chi connectivity index (χ2v) is 10.9. The highest BCUT2D eigenvalue weighted by Crippen LogP contribution is 2.42. The maximum Gasteiger partial charge on any atom is 0.275 e. The summed E-state index contributed by atoms with van der Waals surface area (Å²) in [5.41, 5.74) is 9.45. The summed E-state index contributed by atoms with van der Waals surface area (Å²) in [7, 11) is 4.07. The number of nitrogen functional groups attached to an aromatic ring is 1. The van der Waals surface area contributed by atoms with E-state index in [4.69, 9.17) is 5.73 Å². The SMILES string of the molecule is CN(C)C1CCN(C(=O)Cc2csc(NC(=O)c3[nH]nc4c3C(C)(C)Cc3cnc(N)nc3-4)n2)C1. The number of hydrogen-bond acceptors (Lipinski definition) is 9. The Bertz CT molecular complexity index is 1300. The van der Waals surface area contributed by atoms with Gasteiger partial charge >= 0.3 is 0 Å². The minimum atomic E-state index is -0.359. The molecule has 5 rings (SSSR count). The molecule has 3 aromatic rings. The third-order valence-electron chi connectivity index (χ3n) is 6.76. The van der Waals surface area contributed by atoms with Gasteiger partial charge in [-0.15, -0.1) is 11.3 Å². The molecule has 1 aliphatic carbocycles. The van der Waals surface area contributed by atoms with Crippen LogP contribution >= 0.6 is 11.3 Å². The number of carbonyl (C=O) groups is 2. The molecule has 0 saturated carbocycles. The van der Waals surface area contributed by atoms with Gasteiger partial charge in [-0.25, -0.2) is 15.0 Å². The van der Waals surface area contributed by atoms with Crippen LogP contribution in [0.3, 0.4) is 0 Å².